The van der Waals surface area contributed by atoms with Crippen molar-refractivity contribution in [1.29, 1.82) is 0 Å². The van der Waals surface area contributed by atoms with E-state index in [-0.39, 0.29) is 29.2 Å². The lowest BCUT2D eigenvalue weighted by atomic mass is 10.2. The first-order valence-electron chi connectivity index (χ1n) is 8.53. The number of aromatic nitrogens is 2. The molecule has 0 atom stereocenters. The number of anilines is 1. The van der Waals surface area contributed by atoms with E-state index in [9.17, 15) is 23.2 Å². The number of hydrogen-bond acceptors (Lipinski definition) is 5. The third-order valence-electron chi connectivity index (χ3n) is 3.83. The van der Waals surface area contributed by atoms with E-state index in [1.165, 1.54) is 24.3 Å². The Hall–Kier alpha value is -3.88. The van der Waals surface area contributed by atoms with Gasteiger partial charge in [-0.05, 0) is 55.5 Å². The van der Waals surface area contributed by atoms with Crippen LogP contribution in [0.1, 0.15) is 27.8 Å². The van der Waals surface area contributed by atoms with Gasteiger partial charge in [-0.3, -0.25) is 9.59 Å². The minimum atomic E-state index is -0.863. The molecule has 3 rings (SSSR count). The number of benzene rings is 2. The number of esters is 1. The van der Waals surface area contributed by atoms with E-state index in [1.54, 1.807) is 6.92 Å². The molecule has 148 valence electrons. The smallest absolute Gasteiger partial charge is 0.360 e. The summed E-state index contributed by atoms with van der Waals surface area (Å²) in [7, 11) is 0. The van der Waals surface area contributed by atoms with Crippen molar-refractivity contribution < 1.29 is 23.1 Å². The molecule has 0 unspecified atom stereocenters. The zero-order valence-electron chi connectivity index (χ0n) is 15.2. The second-order valence-corrected chi connectivity index (χ2v) is 5.81. The summed E-state index contributed by atoms with van der Waals surface area (Å²) in [5, 5.41) is 6.40. The Kier molecular flexibility index (Phi) is 5.77. The Morgan fingerprint density at radius 1 is 1.03 bits per heavy atom. The molecular weight excluding hydrogens is 384 g/mol. The third kappa shape index (κ3) is 4.52. The monoisotopic (exact) mass is 399 g/mol. The van der Waals surface area contributed by atoms with Crippen molar-refractivity contribution in [2.24, 2.45) is 0 Å². The van der Waals surface area contributed by atoms with Crippen LogP contribution < -0.4 is 10.9 Å². The van der Waals surface area contributed by atoms with E-state index in [4.69, 9.17) is 4.74 Å². The van der Waals surface area contributed by atoms with Crippen molar-refractivity contribution in [3.05, 3.63) is 87.8 Å². The van der Waals surface area contributed by atoms with E-state index in [1.807, 2.05) is 0 Å². The molecule has 2 aromatic carbocycles. The molecule has 0 saturated heterocycles. The van der Waals surface area contributed by atoms with Crippen LogP contribution in [0.5, 0.6) is 0 Å². The molecule has 9 heteroatoms. The van der Waals surface area contributed by atoms with Gasteiger partial charge in [0.05, 0.1) is 18.0 Å². The average molecular weight is 399 g/mol. The summed E-state index contributed by atoms with van der Waals surface area (Å²) >= 11 is 0. The van der Waals surface area contributed by atoms with Crippen LogP contribution in [0.25, 0.3) is 5.69 Å². The van der Waals surface area contributed by atoms with E-state index in [0.29, 0.717) is 0 Å². The fourth-order valence-corrected chi connectivity index (χ4v) is 2.46. The van der Waals surface area contributed by atoms with E-state index < -0.39 is 29.1 Å². The SMILES string of the molecule is CCOC(=O)c1nn(-c2ccc(F)cc2)c(=O)cc1NC(=O)c1ccc(F)cc1. The van der Waals surface area contributed by atoms with Gasteiger partial charge in [-0.15, -0.1) is 0 Å². The van der Waals surface area contributed by atoms with Gasteiger partial charge in [0.25, 0.3) is 11.5 Å². The zero-order chi connectivity index (χ0) is 21.0. The van der Waals surface area contributed by atoms with Crippen molar-refractivity contribution in [1.82, 2.24) is 9.78 Å². The summed E-state index contributed by atoms with van der Waals surface area (Å²) in [4.78, 5) is 37.2. The standard InChI is InChI=1S/C20H15F2N3O4/c1-2-29-20(28)18-16(23-19(27)12-3-5-13(21)6-4-12)11-17(26)25(24-18)15-9-7-14(22)8-10-15/h3-11H,2H2,1H3,(H,23,27). The maximum Gasteiger partial charge on any atom is 0.360 e. The molecule has 0 spiro atoms. The number of amides is 1. The van der Waals surface area contributed by atoms with Crippen molar-refractivity contribution in [3.8, 4) is 5.69 Å². The lowest BCUT2D eigenvalue weighted by Gasteiger charge is -2.12. The first kappa shape index (κ1) is 19.9. The fraction of sp³-hybridized carbons (Fsp3) is 0.100. The van der Waals surface area contributed by atoms with E-state index >= 15 is 0 Å². The van der Waals surface area contributed by atoms with Gasteiger partial charge in [0.2, 0.25) is 0 Å². The van der Waals surface area contributed by atoms with Crippen LogP contribution >= 0.6 is 0 Å². The molecule has 29 heavy (non-hydrogen) atoms. The second kappa shape index (κ2) is 8.42. The molecule has 0 radical (unpaired) electrons. The Morgan fingerprint density at radius 2 is 1.62 bits per heavy atom. The summed E-state index contributed by atoms with van der Waals surface area (Å²) in [5.74, 6) is -2.55. The first-order valence-corrected chi connectivity index (χ1v) is 8.53. The zero-order valence-corrected chi connectivity index (χ0v) is 15.2. The van der Waals surface area contributed by atoms with Gasteiger partial charge < -0.3 is 10.1 Å². The van der Waals surface area contributed by atoms with E-state index in [0.717, 1.165) is 35.0 Å². The van der Waals surface area contributed by atoms with Crippen LogP contribution in [0.15, 0.2) is 59.4 Å². The maximum atomic E-state index is 13.2. The molecule has 0 aliphatic carbocycles. The highest BCUT2D eigenvalue weighted by Gasteiger charge is 2.20. The second-order valence-electron chi connectivity index (χ2n) is 5.81. The molecule has 0 bridgehead atoms. The van der Waals surface area contributed by atoms with Crippen molar-refractivity contribution in [2.45, 2.75) is 6.92 Å². The molecule has 1 amide bonds. The first-order chi connectivity index (χ1) is 13.9. The van der Waals surface area contributed by atoms with Crippen LogP contribution in [0.4, 0.5) is 14.5 Å². The number of nitrogens with one attached hydrogen (secondary N) is 1. The molecule has 1 heterocycles. The molecule has 7 nitrogen and oxygen atoms in total. The number of nitrogens with zero attached hydrogens (tertiary/aromatic N) is 2. The lowest BCUT2D eigenvalue weighted by molar-refractivity contribution is 0.0518. The summed E-state index contributed by atoms with van der Waals surface area (Å²) in [6, 6.07) is 10.6. The summed E-state index contributed by atoms with van der Waals surface area (Å²) < 4.78 is 32.0. The average Bonchev–Trinajstić information content (AvgIpc) is 2.69. The highest BCUT2D eigenvalue weighted by Crippen LogP contribution is 2.16. The maximum absolute atomic E-state index is 13.2. The molecule has 1 N–H and O–H groups in total. The normalized spacial score (nSPS) is 10.4. The van der Waals surface area contributed by atoms with Crippen LogP contribution in [-0.4, -0.2) is 28.3 Å². The summed E-state index contributed by atoms with van der Waals surface area (Å²) in [6.07, 6.45) is 0. The van der Waals surface area contributed by atoms with Crippen LogP contribution in [0.3, 0.4) is 0 Å². The fourth-order valence-electron chi connectivity index (χ4n) is 2.46. The topological polar surface area (TPSA) is 90.3 Å². The van der Waals surface area contributed by atoms with Gasteiger partial charge in [0.1, 0.15) is 11.6 Å². The minimum absolute atomic E-state index is 0.0432. The van der Waals surface area contributed by atoms with Crippen LogP contribution in [-0.2, 0) is 4.74 Å². The molecule has 0 saturated carbocycles. The molecule has 0 fully saturated rings. The third-order valence-corrected chi connectivity index (χ3v) is 3.83. The van der Waals surface area contributed by atoms with E-state index in [2.05, 4.69) is 10.4 Å². The molecule has 3 aromatic rings. The number of carbonyl (C=O) groups is 2. The quantitative estimate of drug-likeness (QED) is 0.667. The van der Waals surface area contributed by atoms with Gasteiger partial charge in [-0.2, -0.15) is 9.78 Å². The minimum Gasteiger partial charge on any atom is -0.461 e. The van der Waals surface area contributed by atoms with Gasteiger partial charge in [-0.25, -0.2) is 13.6 Å². The Morgan fingerprint density at radius 3 is 2.21 bits per heavy atom. The Balaban J connectivity index is 2.03. The number of hydrogen-bond donors (Lipinski definition) is 1. The van der Waals surface area contributed by atoms with Gasteiger partial charge in [-0.1, -0.05) is 0 Å². The van der Waals surface area contributed by atoms with Gasteiger partial charge in [0.15, 0.2) is 5.69 Å². The van der Waals surface area contributed by atoms with Crippen LogP contribution in [0, 0.1) is 11.6 Å². The predicted octanol–water partition coefficient (Wildman–Crippen LogP) is 2.94. The molecule has 1 aromatic heterocycles. The molecule has 0 aliphatic rings. The summed E-state index contributed by atoms with van der Waals surface area (Å²) in [5.41, 5.74) is -0.811. The number of ether oxygens (including phenoxy) is 1. The number of halogens is 2. The largest absolute Gasteiger partial charge is 0.461 e. The van der Waals surface area contributed by atoms with Crippen molar-refractivity contribution in [2.75, 3.05) is 11.9 Å². The predicted molar refractivity (Wildman–Crippen MR) is 100 cm³/mol. The molecular formula is C20H15F2N3O4. The van der Waals surface area contributed by atoms with Gasteiger partial charge in [0, 0.05) is 11.6 Å². The Labute approximate surface area is 163 Å². The highest BCUT2D eigenvalue weighted by molar-refractivity contribution is 6.07. The molecule has 0 aliphatic heterocycles. The van der Waals surface area contributed by atoms with Crippen molar-refractivity contribution >= 4 is 17.6 Å². The lowest BCUT2D eigenvalue weighted by Crippen LogP contribution is -2.27. The highest BCUT2D eigenvalue weighted by atomic mass is 19.1. The Bertz CT molecular complexity index is 1110. The number of carbonyl (C=O) groups excluding carboxylic acids is 2. The van der Waals surface area contributed by atoms with Gasteiger partial charge >= 0.3 is 5.97 Å². The summed E-state index contributed by atoms with van der Waals surface area (Å²) in [6.45, 7) is 1.63. The van der Waals surface area contributed by atoms with Crippen molar-refractivity contribution in [3.63, 3.8) is 0 Å². The van der Waals surface area contributed by atoms with Crippen LogP contribution in [0.2, 0.25) is 0 Å². The number of rotatable bonds is 5.